The molecule has 1 N–H and O–H groups in total. The Balaban J connectivity index is 2.06. The summed E-state index contributed by atoms with van der Waals surface area (Å²) in [6.45, 7) is 3.09. The van der Waals surface area contributed by atoms with Crippen molar-refractivity contribution in [2.75, 3.05) is 19.0 Å². The highest BCUT2D eigenvalue weighted by atomic mass is 15.1. The van der Waals surface area contributed by atoms with Crippen LogP contribution in [0.1, 0.15) is 30.5 Å². The molecular formula is C17H23N3. The van der Waals surface area contributed by atoms with E-state index in [2.05, 4.69) is 65.6 Å². The van der Waals surface area contributed by atoms with Gasteiger partial charge in [-0.15, -0.1) is 0 Å². The van der Waals surface area contributed by atoms with Gasteiger partial charge in [0.25, 0.3) is 0 Å². The molecule has 0 amide bonds. The minimum absolute atomic E-state index is 0.439. The number of hydrogen-bond acceptors (Lipinski definition) is 3. The number of nitrogens with zero attached hydrogens (tertiary/aromatic N) is 2. The molecule has 0 saturated heterocycles. The van der Waals surface area contributed by atoms with Gasteiger partial charge in [-0.3, -0.25) is 4.98 Å². The molecule has 0 spiro atoms. The van der Waals surface area contributed by atoms with E-state index in [0.29, 0.717) is 6.04 Å². The maximum absolute atomic E-state index is 4.05. The number of anilines is 1. The summed E-state index contributed by atoms with van der Waals surface area (Å²) in [6.07, 6.45) is 4.78. The van der Waals surface area contributed by atoms with Crippen LogP contribution in [0.5, 0.6) is 0 Å². The Bertz CT molecular complexity index is 504. The van der Waals surface area contributed by atoms with Gasteiger partial charge in [0.05, 0.1) is 0 Å². The summed E-state index contributed by atoms with van der Waals surface area (Å²) < 4.78 is 0. The Hall–Kier alpha value is -1.87. The molecule has 1 atom stereocenters. The summed E-state index contributed by atoms with van der Waals surface area (Å²) in [5, 5.41) is 3.34. The maximum atomic E-state index is 4.05. The zero-order valence-electron chi connectivity index (χ0n) is 12.5. The van der Waals surface area contributed by atoms with Gasteiger partial charge in [0.15, 0.2) is 0 Å². The Kier molecular flexibility index (Phi) is 5.13. The Labute approximate surface area is 121 Å². The van der Waals surface area contributed by atoms with Crippen LogP contribution in [-0.2, 0) is 6.54 Å². The highest BCUT2D eigenvalue weighted by Crippen LogP contribution is 2.21. The second kappa shape index (κ2) is 7.06. The zero-order chi connectivity index (χ0) is 14.4. The third-order valence-corrected chi connectivity index (χ3v) is 3.66. The Morgan fingerprint density at radius 2 is 1.75 bits per heavy atom. The van der Waals surface area contributed by atoms with Gasteiger partial charge in [0.2, 0.25) is 0 Å². The van der Waals surface area contributed by atoms with E-state index in [1.165, 1.54) is 16.8 Å². The van der Waals surface area contributed by atoms with E-state index in [0.717, 1.165) is 13.0 Å². The van der Waals surface area contributed by atoms with E-state index in [-0.39, 0.29) is 0 Å². The van der Waals surface area contributed by atoms with Gasteiger partial charge in [-0.25, -0.2) is 0 Å². The standard InChI is InChI=1S/C17H23N3/c1-4-17(18-2)15-5-7-16(8-6-15)20(3)13-14-9-11-19-12-10-14/h5-12,17-18H,4,13H2,1-3H3. The summed E-state index contributed by atoms with van der Waals surface area (Å²) in [5.41, 5.74) is 3.85. The fourth-order valence-corrected chi connectivity index (χ4v) is 2.42. The van der Waals surface area contributed by atoms with Crippen LogP contribution in [0.15, 0.2) is 48.8 Å². The van der Waals surface area contributed by atoms with Crippen LogP contribution in [0.25, 0.3) is 0 Å². The SMILES string of the molecule is CCC(NC)c1ccc(N(C)Cc2ccncc2)cc1. The van der Waals surface area contributed by atoms with E-state index in [9.17, 15) is 0 Å². The highest BCUT2D eigenvalue weighted by molar-refractivity contribution is 5.47. The van der Waals surface area contributed by atoms with Crippen LogP contribution < -0.4 is 10.2 Å². The van der Waals surface area contributed by atoms with E-state index in [1.807, 2.05) is 19.4 Å². The predicted octanol–water partition coefficient (Wildman–Crippen LogP) is 3.39. The van der Waals surface area contributed by atoms with Gasteiger partial charge in [0.1, 0.15) is 0 Å². The van der Waals surface area contributed by atoms with Gasteiger partial charge in [0, 0.05) is 37.7 Å². The summed E-state index contributed by atoms with van der Waals surface area (Å²) in [7, 11) is 4.13. The molecule has 0 radical (unpaired) electrons. The lowest BCUT2D eigenvalue weighted by Crippen LogP contribution is -2.17. The molecule has 2 rings (SSSR count). The van der Waals surface area contributed by atoms with Crippen molar-refractivity contribution in [1.29, 1.82) is 0 Å². The normalized spacial score (nSPS) is 12.2. The van der Waals surface area contributed by atoms with Crippen molar-refractivity contribution in [2.24, 2.45) is 0 Å². The van der Waals surface area contributed by atoms with Crippen LogP contribution in [-0.4, -0.2) is 19.1 Å². The minimum Gasteiger partial charge on any atom is -0.370 e. The monoisotopic (exact) mass is 269 g/mol. The average molecular weight is 269 g/mol. The second-order valence-corrected chi connectivity index (χ2v) is 5.05. The van der Waals surface area contributed by atoms with Crippen molar-refractivity contribution in [3.8, 4) is 0 Å². The van der Waals surface area contributed by atoms with Gasteiger partial charge in [-0.2, -0.15) is 0 Å². The predicted molar refractivity (Wildman–Crippen MR) is 84.9 cm³/mol. The number of rotatable bonds is 6. The summed E-state index contributed by atoms with van der Waals surface area (Å²) in [5.74, 6) is 0. The molecule has 106 valence electrons. The van der Waals surface area contributed by atoms with Crippen molar-refractivity contribution >= 4 is 5.69 Å². The molecule has 3 nitrogen and oxygen atoms in total. The second-order valence-electron chi connectivity index (χ2n) is 5.05. The average Bonchev–Trinajstić information content (AvgIpc) is 2.50. The maximum Gasteiger partial charge on any atom is 0.0427 e. The van der Waals surface area contributed by atoms with E-state index in [1.54, 1.807) is 0 Å². The summed E-state index contributed by atoms with van der Waals surface area (Å²) in [4.78, 5) is 6.30. The Morgan fingerprint density at radius 3 is 2.30 bits per heavy atom. The molecule has 20 heavy (non-hydrogen) atoms. The van der Waals surface area contributed by atoms with E-state index in [4.69, 9.17) is 0 Å². The molecule has 1 aromatic carbocycles. The van der Waals surface area contributed by atoms with Crippen molar-refractivity contribution < 1.29 is 0 Å². The fraction of sp³-hybridized carbons (Fsp3) is 0.353. The number of benzene rings is 1. The van der Waals surface area contributed by atoms with Crippen molar-refractivity contribution in [3.63, 3.8) is 0 Å². The van der Waals surface area contributed by atoms with Crippen molar-refractivity contribution in [1.82, 2.24) is 10.3 Å². The van der Waals surface area contributed by atoms with Crippen LogP contribution >= 0.6 is 0 Å². The molecule has 3 heteroatoms. The number of hydrogen-bond donors (Lipinski definition) is 1. The number of aromatic nitrogens is 1. The molecule has 1 aromatic heterocycles. The van der Waals surface area contributed by atoms with Crippen LogP contribution in [0.2, 0.25) is 0 Å². The van der Waals surface area contributed by atoms with Crippen LogP contribution in [0.3, 0.4) is 0 Å². The van der Waals surface area contributed by atoms with Crippen LogP contribution in [0.4, 0.5) is 5.69 Å². The Morgan fingerprint density at radius 1 is 1.10 bits per heavy atom. The first kappa shape index (κ1) is 14.5. The lowest BCUT2D eigenvalue weighted by Gasteiger charge is -2.21. The molecule has 2 aromatic rings. The summed E-state index contributed by atoms with van der Waals surface area (Å²) >= 11 is 0. The fourth-order valence-electron chi connectivity index (χ4n) is 2.42. The highest BCUT2D eigenvalue weighted by Gasteiger charge is 2.07. The first-order chi connectivity index (χ1) is 9.74. The first-order valence-electron chi connectivity index (χ1n) is 7.12. The van der Waals surface area contributed by atoms with E-state index >= 15 is 0 Å². The van der Waals surface area contributed by atoms with Crippen molar-refractivity contribution in [3.05, 3.63) is 59.9 Å². The molecule has 0 fully saturated rings. The summed E-state index contributed by atoms with van der Waals surface area (Å²) in [6, 6.07) is 13.4. The number of pyridine rings is 1. The lowest BCUT2D eigenvalue weighted by molar-refractivity contribution is 0.577. The third-order valence-electron chi connectivity index (χ3n) is 3.66. The topological polar surface area (TPSA) is 28.2 Å². The van der Waals surface area contributed by atoms with Gasteiger partial charge in [-0.05, 0) is 48.9 Å². The van der Waals surface area contributed by atoms with Gasteiger partial charge >= 0.3 is 0 Å². The van der Waals surface area contributed by atoms with E-state index < -0.39 is 0 Å². The first-order valence-corrected chi connectivity index (χ1v) is 7.12. The smallest absolute Gasteiger partial charge is 0.0427 e. The molecule has 0 aliphatic heterocycles. The molecular weight excluding hydrogens is 246 g/mol. The molecule has 0 saturated carbocycles. The van der Waals surface area contributed by atoms with Gasteiger partial charge < -0.3 is 10.2 Å². The minimum atomic E-state index is 0.439. The van der Waals surface area contributed by atoms with Crippen LogP contribution in [0, 0.1) is 0 Å². The molecule has 0 bridgehead atoms. The zero-order valence-corrected chi connectivity index (χ0v) is 12.5. The largest absolute Gasteiger partial charge is 0.370 e. The van der Waals surface area contributed by atoms with Crippen molar-refractivity contribution in [2.45, 2.75) is 25.9 Å². The lowest BCUT2D eigenvalue weighted by atomic mass is 10.0. The molecule has 0 aliphatic carbocycles. The molecule has 0 aliphatic rings. The molecule has 1 unspecified atom stereocenters. The third kappa shape index (κ3) is 3.58. The molecule has 1 heterocycles. The number of nitrogens with one attached hydrogen (secondary N) is 1. The van der Waals surface area contributed by atoms with Gasteiger partial charge in [-0.1, -0.05) is 19.1 Å². The quantitative estimate of drug-likeness (QED) is 0.871.